The first-order valence-electron chi connectivity index (χ1n) is 5.30. The summed E-state index contributed by atoms with van der Waals surface area (Å²) < 4.78 is 25.7. The summed E-state index contributed by atoms with van der Waals surface area (Å²) in [5.41, 5.74) is 0. The van der Waals surface area contributed by atoms with Gasteiger partial charge in [-0.25, -0.2) is 12.7 Å². The summed E-state index contributed by atoms with van der Waals surface area (Å²) in [5.74, 6) is 0. The fraction of sp³-hybridized carbons (Fsp3) is 0.455. The first-order chi connectivity index (χ1) is 8.23. The van der Waals surface area contributed by atoms with Crippen molar-refractivity contribution in [3.05, 3.63) is 28.2 Å². The van der Waals surface area contributed by atoms with E-state index in [1.165, 1.54) is 29.6 Å². The molecule has 1 aromatic carbocycles. The SMILES string of the molecule is CC(Cl)CCN(C)S(=O)(=O)c1cc(Cl)cc(Cl)c1. The van der Waals surface area contributed by atoms with Gasteiger partial charge in [0.2, 0.25) is 10.0 Å². The number of hydrogen-bond acceptors (Lipinski definition) is 2. The molecule has 3 nitrogen and oxygen atoms in total. The second kappa shape index (κ2) is 6.44. The van der Waals surface area contributed by atoms with Gasteiger partial charge in [-0.15, -0.1) is 11.6 Å². The van der Waals surface area contributed by atoms with Gasteiger partial charge in [0.05, 0.1) is 4.90 Å². The molecule has 0 fully saturated rings. The Balaban J connectivity index is 2.98. The average molecular weight is 331 g/mol. The molecule has 1 atom stereocenters. The van der Waals surface area contributed by atoms with Gasteiger partial charge >= 0.3 is 0 Å². The van der Waals surface area contributed by atoms with Crippen LogP contribution in [0, 0.1) is 0 Å². The maximum atomic E-state index is 12.2. The van der Waals surface area contributed by atoms with Crippen LogP contribution in [0.2, 0.25) is 10.0 Å². The number of rotatable bonds is 5. The van der Waals surface area contributed by atoms with E-state index in [4.69, 9.17) is 34.8 Å². The Kier molecular flexibility index (Phi) is 5.74. The smallest absolute Gasteiger partial charge is 0.207 e. The quantitative estimate of drug-likeness (QED) is 0.773. The third kappa shape index (κ3) is 4.28. The van der Waals surface area contributed by atoms with E-state index in [-0.39, 0.29) is 10.3 Å². The lowest BCUT2D eigenvalue weighted by Gasteiger charge is -2.18. The lowest BCUT2D eigenvalue weighted by atomic mass is 10.3. The second-order valence-electron chi connectivity index (χ2n) is 4.00. The molecule has 1 aromatic rings. The van der Waals surface area contributed by atoms with Crippen LogP contribution in [0.1, 0.15) is 13.3 Å². The maximum Gasteiger partial charge on any atom is 0.242 e. The van der Waals surface area contributed by atoms with Gasteiger partial charge in [0.15, 0.2) is 0 Å². The number of halogens is 3. The van der Waals surface area contributed by atoms with E-state index in [9.17, 15) is 8.42 Å². The molecule has 102 valence electrons. The Hall–Kier alpha value is -0.000000000000000111. The molecule has 18 heavy (non-hydrogen) atoms. The van der Waals surface area contributed by atoms with E-state index in [0.717, 1.165) is 0 Å². The summed E-state index contributed by atoms with van der Waals surface area (Å²) in [6, 6.07) is 4.25. The lowest BCUT2D eigenvalue weighted by Crippen LogP contribution is -2.29. The predicted molar refractivity (Wildman–Crippen MR) is 76.2 cm³/mol. The van der Waals surface area contributed by atoms with Crippen LogP contribution in [-0.4, -0.2) is 31.7 Å². The molecule has 0 aliphatic carbocycles. The largest absolute Gasteiger partial charge is 0.242 e. The van der Waals surface area contributed by atoms with Crippen molar-refractivity contribution in [3.63, 3.8) is 0 Å². The molecule has 0 aromatic heterocycles. The summed E-state index contributed by atoms with van der Waals surface area (Å²) in [6.45, 7) is 2.16. The number of hydrogen-bond donors (Lipinski definition) is 0. The summed E-state index contributed by atoms with van der Waals surface area (Å²) >= 11 is 17.4. The van der Waals surface area contributed by atoms with Crippen LogP contribution < -0.4 is 0 Å². The molecule has 0 N–H and O–H groups in total. The van der Waals surface area contributed by atoms with Crippen LogP contribution in [0.5, 0.6) is 0 Å². The first kappa shape index (κ1) is 16.1. The highest BCUT2D eigenvalue weighted by molar-refractivity contribution is 7.89. The lowest BCUT2D eigenvalue weighted by molar-refractivity contribution is 0.460. The maximum absolute atomic E-state index is 12.2. The summed E-state index contributed by atoms with van der Waals surface area (Å²) in [7, 11) is -2.07. The Bertz CT molecular complexity index is 497. The molecule has 0 spiro atoms. The van der Waals surface area contributed by atoms with Crippen molar-refractivity contribution in [3.8, 4) is 0 Å². The minimum Gasteiger partial charge on any atom is -0.207 e. The van der Waals surface area contributed by atoms with Crippen molar-refractivity contribution in [2.45, 2.75) is 23.6 Å². The molecule has 0 aliphatic heterocycles. The summed E-state index contributed by atoms with van der Waals surface area (Å²) in [4.78, 5) is 0.0877. The molecule has 1 rings (SSSR count). The molecular weight excluding hydrogens is 317 g/mol. The van der Waals surface area contributed by atoms with Gasteiger partial charge in [-0.1, -0.05) is 23.2 Å². The van der Waals surface area contributed by atoms with Gasteiger partial charge in [-0.3, -0.25) is 0 Å². The Morgan fingerprint density at radius 3 is 2.17 bits per heavy atom. The summed E-state index contributed by atoms with van der Waals surface area (Å²) in [6.07, 6.45) is 0.575. The Morgan fingerprint density at radius 1 is 1.22 bits per heavy atom. The molecule has 0 amide bonds. The highest BCUT2D eigenvalue weighted by atomic mass is 35.5. The molecule has 0 aliphatic rings. The van der Waals surface area contributed by atoms with Crippen LogP contribution >= 0.6 is 34.8 Å². The molecule has 1 unspecified atom stereocenters. The van der Waals surface area contributed by atoms with E-state index in [1.807, 2.05) is 6.92 Å². The van der Waals surface area contributed by atoms with Gasteiger partial charge < -0.3 is 0 Å². The van der Waals surface area contributed by atoms with E-state index >= 15 is 0 Å². The molecule has 0 bridgehead atoms. The molecule has 0 saturated heterocycles. The Morgan fingerprint density at radius 2 is 1.72 bits per heavy atom. The number of alkyl halides is 1. The minimum absolute atomic E-state index is 0.0781. The second-order valence-corrected chi connectivity index (χ2v) is 7.66. The van der Waals surface area contributed by atoms with Crippen LogP contribution in [0.4, 0.5) is 0 Å². The standard InChI is InChI=1S/C11H14Cl3NO2S/c1-8(12)3-4-15(2)18(16,17)11-6-9(13)5-10(14)7-11/h5-8H,3-4H2,1-2H3. The highest BCUT2D eigenvalue weighted by Crippen LogP contribution is 2.24. The van der Waals surface area contributed by atoms with Gasteiger partial charge in [-0.2, -0.15) is 0 Å². The third-order valence-electron chi connectivity index (χ3n) is 2.39. The fourth-order valence-corrected chi connectivity index (χ4v) is 3.35. The molecule has 0 saturated carbocycles. The van der Waals surface area contributed by atoms with E-state index < -0.39 is 10.0 Å². The molecule has 0 radical (unpaired) electrons. The monoisotopic (exact) mass is 329 g/mol. The zero-order valence-electron chi connectivity index (χ0n) is 10.0. The molecule has 0 heterocycles. The van der Waals surface area contributed by atoms with E-state index in [1.54, 1.807) is 0 Å². The van der Waals surface area contributed by atoms with Crippen LogP contribution in [-0.2, 0) is 10.0 Å². The average Bonchev–Trinajstić information content (AvgIpc) is 2.24. The zero-order chi connectivity index (χ0) is 13.9. The first-order valence-corrected chi connectivity index (χ1v) is 7.93. The zero-order valence-corrected chi connectivity index (χ0v) is 13.1. The van der Waals surface area contributed by atoms with E-state index in [2.05, 4.69) is 0 Å². The minimum atomic E-state index is -3.57. The topological polar surface area (TPSA) is 37.4 Å². The summed E-state index contributed by atoms with van der Waals surface area (Å²) in [5, 5.41) is 0.506. The number of sulfonamides is 1. The third-order valence-corrected chi connectivity index (χ3v) is 4.88. The van der Waals surface area contributed by atoms with E-state index in [0.29, 0.717) is 23.0 Å². The normalized spacial score (nSPS) is 13.9. The predicted octanol–water partition coefficient (Wildman–Crippen LogP) is 3.63. The molecular formula is C11H14Cl3NO2S. The van der Waals surface area contributed by atoms with Gasteiger partial charge in [0.25, 0.3) is 0 Å². The number of nitrogens with zero attached hydrogens (tertiary/aromatic N) is 1. The van der Waals surface area contributed by atoms with Gasteiger partial charge in [0.1, 0.15) is 0 Å². The van der Waals surface area contributed by atoms with Crippen LogP contribution in [0.3, 0.4) is 0 Å². The van der Waals surface area contributed by atoms with Gasteiger partial charge in [-0.05, 0) is 31.5 Å². The molecule has 7 heteroatoms. The van der Waals surface area contributed by atoms with Crippen molar-refractivity contribution >= 4 is 44.8 Å². The van der Waals surface area contributed by atoms with Crippen LogP contribution in [0.15, 0.2) is 23.1 Å². The van der Waals surface area contributed by atoms with Crippen molar-refractivity contribution in [1.82, 2.24) is 4.31 Å². The highest BCUT2D eigenvalue weighted by Gasteiger charge is 2.21. The van der Waals surface area contributed by atoms with Crippen molar-refractivity contribution in [2.75, 3.05) is 13.6 Å². The van der Waals surface area contributed by atoms with Crippen molar-refractivity contribution in [2.24, 2.45) is 0 Å². The van der Waals surface area contributed by atoms with Crippen molar-refractivity contribution < 1.29 is 8.42 Å². The fourth-order valence-electron chi connectivity index (χ4n) is 1.34. The number of benzene rings is 1. The van der Waals surface area contributed by atoms with Crippen molar-refractivity contribution in [1.29, 1.82) is 0 Å². The van der Waals surface area contributed by atoms with Gasteiger partial charge in [0, 0.05) is 29.0 Å². The van der Waals surface area contributed by atoms with Crippen LogP contribution in [0.25, 0.3) is 0 Å². The Labute approximate surface area is 123 Å².